The van der Waals surface area contributed by atoms with Crippen LogP contribution >= 0.6 is 0 Å². The van der Waals surface area contributed by atoms with Gasteiger partial charge >= 0.3 is 0 Å². The number of hydrogen-bond acceptors (Lipinski definition) is 9. The van der Waals surface area contributed by atoms with Crippen LogP contribution in [0.5, 0.6) is 5.88 Å². The van der Waals surface area contributed by atoms with Crippen LogP contribution < -0.4 is 10.1 Å². The highest BCUT2D eigenvalue weighted by Gasteiger charge is 2.54. The van der Waals surface area contributed by atoms with E-state index in [0.717, 1.165) is 10.5 Å². The molecule has 1 aliphatic heterocycles. The molecule has 2 aromatic rings. The van der Waals surface area contributed by atoms with Crippen LogP contribution in [0.4, 0.5) is 19.1 Å². The quantitative estimate of drug-likeness (QED) is 0.580. The fourth-order valence-corrected chi connectivity index (χ4v) is 5.66. The van der Waals surface area contributed by atoms with Crippen molar-refractivity contribution in [1.29, 1.82) is 5.26 Å². The summed E-state index contributed by atoms with van der Waals surface area (Å²) in [6.07, 6.45) is -0.783. The van der Waals surface area contributed by atoms with Crippen LogP contribution in [0, 0.1) is 11.3 Å². The second kappa shape index (κ2) is 8.92. The number of aliphatic hydroxyl groups is 1. The lowest BCUT2D eigenvalue weighted by atomic mass is 10.0. The van der Waals surface area contributed by atoms with Gasteiger partial charge in [0, 0.05) is 32.8 Å². The van der Waals surface area contributed by atoms with E-state index in [0.29, 0.717) is 0 Å². The van der Waals surface area contributed by atoms with Crippen molar-refractivity contribution in [1.82, 2.24) is 24.1 Å². The summed E-state index contributed by atoms with van der Waals surface area (Å²) in [6, 6.07) is 0.944. The first-order valence-electron chi connectivity index (χ1n) is 10.7. The van der Waals surface area contributed by atoms with Gasteiger partial charge in [-0.15, -0.1) is 0 Å². The van der Waals surface area contributed by atoms with E-state index in [2.05, 4.69) is 20.4 Å². The topological polar surface area (TPSA) is 146 Å². The average molecular weight is 516 g/mol. The summed E-state index contributed by atoms with van der Waals surface area (Å²) < 4.78 is 75.8. The van der Waals surface area contributed by atoms with E-state index in [1.807, 2.05) is 0 Å². The summed E-state index contributed by atoms with van der Waals surface area (Å²) in [5.41, 5.74) is -1.98. The van der Waals surface area contributed by atoms with Crippen LogP contribution in [0.1, 0.15) is 31.7 Å². The van der Waals surface area contributed by atoms with Gasteiger partial charge in [0.15, 0.2) is 0 Å². The maximum absolute atomic E-state index is 15.0. The third-order valence-electron chi connectivity index (χ3n) is 6.06. The highest BCUT2D eigenvalue weighted by atomic mass is 32.2. The Morgan fingerprint density at radius 1 is 1.37 bits per heavy atom. The Morgan fingerprint density at radius 3 is 2.69 bits per heavy atom. The summed E-state index contributed by atoms with van der Waals surface area (Å²) >= 11 is 0. The van der Waals surface area contributed by atoms with Gasteiger partial charge in [0.2, 0.25) is 21.9 Å². The standard InChI is InChI=1S/C20H24F3N7O4S/c1-19(31)11-20(22,23)5-16(19)34-17-12(6-24)7-25-18(28-17)27-15-3-4-30(10-14(15)21)35(32,33)13-8-26-29(2)9-13/h7-9,14-16,31H,3-5,10-11H2,1-2H3,(H,25,27,28)/t14-,15-,16-,19+/m1/s1. The largest absolute Gasteiger partial charge is 0.470 e. The van der Waals surface area contributed by atoms with Crippen LogP contribution in [0.15, 0.2) is 23.5 Å². The van der Waals surface area contributed by atoms with Gasteiger partial charge in [-0.3, -0.25) is 4.68 Å². The minimum atomic E-state index is -3.91. The molecular weight excluding hydrogens is 491 g/mol. The highest BCUT2D eigenvalue weighted by Crippen LogP contribution is 2.43. The molecule has 0 amide bonds. The lowest BCUT2D eigenvalue weighted by Gasteiger charge is -2.34. The van der Waals surface area contributed by atoms with Crippen molar-refractivity contribution < 1.29 is 31.4 Å². The lowest BCUT2D eigenvalue weighted by molar-refractivity contribution is -0.0406. The average Bonchev–Trinajstić information content (AvgIpc) is 3.29. The normalized spacial score (nSPS) is 29.0. The van der Waals surface area contributed by atoms with E-state index < -0.39 is 59.3 Å². The predicted octanol–water partition coefficient (Wildman–Crippen LogP) is 1.22. The third kappa shape index (κ3) is 5.19. The van der Waals surface area contributed by atoms with Crippen molar-refractivity contribution in [3.05, 3.63) is 24.2 Å². The highest BCUT2D eigenvalue weighted by molar-refractivity contribution is 7.89. The predicted molar refractivity (Wildman–Crippen MR) is 115 cm³/mol. The van der Waals surface area contributed by atoms with Crippen molar-refractivity contribution in [3.63, 3.8) is 0 Å². The van der Waals surface area contributed by atoms with Crippen LogP contribution in [-0.2, 0) is 17.1 Å². The van der Waals surface area contributed by atoms with E-state index >= 15 is 0 Å². The summed E-state index contributed by atoms with van der Waals surface area (Å²) in [4.78, 5) is 7.95. The number of piperidine rings is 1. The SMILES string of the molecule is Cn1cc(S(=O)(=O)N2CC[C@@H](Nc3ncc(C#N)c(O[C@@H]4CC(F)(F)C[C@]4(C)O)n3)[C@H](F)C2)cn1. The zero-order valence-electron chi connectivity index (χ0n) is 18.9. The molecule has 0 bridgehead atoms. The molecule has 0 aromatic carbocycles. The second-order valence-electron chi connectivity index (χ2n) is 8.99. The smallest absolute Gasteiger partial charge is 0.254 e. The van der Waals surface area contributed by atoms with E-state index in [4.69, 9.17) is 4.74 Å². The van der Waals surface area contributed by atoms with E-state index in [1.165, 1.54) is 24.0 Å². The number of sulfonamides is 1. The Balaban J connectivity index is 1.46. The van der Waals surface area contributed by atoms with Crippen LogP contribution in [0.2, 0.25) is 0 Å². The molecular formula is C20H24F3N7O4S. The summed E-state index contributed by atoms with van der Waals surface area (Å²) in [6.45, 7) is 0.829. The molecule has 3 heterocycles. The first-order chi connectivity index (χ1) is 16.3. The number of nitrogens with one attached hydrogen (secondary N) is 1. The van der Waals surface area contributed by atoms with E-state index in [1.54, 1.807) is 13.1 Å². The summed E-state index contributed by atoms with van der Waals surface area (Å²) in [5.74, 6) is -3.58. The fraction of sp³-hybridized carbons (Fsp3) is 0.600. The molecule has 11 nitrogen and oxygen atoms in total. The lowest BCUT2D eigenvalue weighted by Crippen LogP contribution is -2.50. The minimum Gasteiger partial charge on any atom is -0.470 e. The second-order valence-corrected chi connectivity index (χ2v) is 10.9. The van der Waals surface area contributed by atoms with Crippen LogP contribution in [0.3, 0.4) is 0 Å². The molecule has 2 aliphatic rings. The van der Waals surface area contributed by atoms with Gasteiger partial charge in [-0.2, -0.15) is 19.6 Å². The first kappa shape index (κ1) is 25.1. The maximum atomic E-state index is 15.0. The molecule has 0 unspecified atom stereocenters. The zero-order chi connectivity index (χ0) is 25.6. The number of hydrogen-bond donors (Lipinski definition) is 2. The molecule has 2 aromatic heterocycles. The Hall–Kier alpha value is -2.96. The molecule has 2 fully saturated rings. The first-order valence-corrected chi connectivity index (χ1v) is 12.2. The molecule has 0 spiro atoms. The summed E-state index contributed by atoms with van der Waals surface area (Å²) in [7, 11) is -2.34. The number of aromatic nitrogens is 4. The molecule has 2 N–H and O–H groups in total. The molecule has 35 heavy (non-hydrogen) atoms. The fourth-order valence-electron chi connectivity index (χ4n) is 4.21. The van der Waals surface area contributed by atoms with Gasteiger partial charge in [0.25, 0.3) is 5.92 Å². The van der Waals surface area contributed by atoms with Gasteiger partial charge in [0.05, 0.1) is 24.9 Å². The number of rotatable bonds is 6. The molecule has 4 atom stereocenters. The zero-order valence-corrected chi connectivity index (χ0v) is 19.7. The Morgan fingerprint density at radius 2 is 2.11 bits per heavy atom. The maximum Gasteiger partial charge on any atom is 0.254 e. The molecule has 15 heteroatoms. The molecule has 1 saturated carbocycles. The number of nitrogens with zero attached hydrogens (tertiary/aromatic N) is 6. The van der Waals surface area contributed by atoms with Crippen molar-refractivity contribution in [2.45, 2.75) is 60.9 Å². The van der Waals surface area contributed by atoms with Crippen LogP contribution in [-0.4, -0.2) is 80.5 Å². The van der Waals surface area contributed by atoms with Crippen molar-refractivity contribution in [2.75, 3.05) is 18.4 Å². The minimum absolute atomic E-state index is 0.0228. The number of alkyl halides is 3. The molecule has 190 valence electrons. The summed E-state index contributed by atoms with van der Waals surface area (Å²) in [5, 5.41) is 26.2. The molecule has 1 aliphatic carbocycles. The van der Waals surface area contributed by atoms with Crippen molar-refractivity contribution in [3.8, 4) is 11.9 Å². The number of nitriles is 1. The van der Waals surface area contributed by atoms with Gasteiger partial charge in [-0.05, 0) is 13.3 Å². The molecule has 4 rings (SSSR count). The monoisotopic (exact) mass is 515 g/mol. The third-order valence-corrected chi connectivity index (χ3v) is 7.88. The van der Waals surface area contributed by atoms with Gasteiger partial charge in [-0.25, -0.2) is 26.6 Å². The molecule has 0 radical (unpaired) electrons. The number of anilines is 1. The molecule has 1 saturated heterocycles. The number of halogens is 3. The van der Waals surface area contributed by atoms with E-state index in [9.17, 15) is 32.0 Å². The Kier molecular flexibility index (Phi) is 6.41. The van der Waals surface area contributed by atoms with Crippen molar-refractivity contribution >= 4 is 16.0 Å². The van der Waals surface area contributed by atoms with Gasteiger partial charge in [-0.1, -0.05) is 0 Å². The van der Waals surface area contributed by atoms with E-state index in [-0.39, 0.29) is 35.3 Å². The van der Waals surface area contributed by atoms with Gasteiger partial charge in [0.1, 0.15) is 34.4 Å². The van der Waals surface area contributed by atoms with Gasteiger partial charge < -0.3 is 15.2 Å². The number of ether oxygens (including phenoxy) is 1. The van der Waals surface area contributed by atoms with Crippen LogP contribution in [0.25, 0.3) is 0 Å². The number of aryl methyl sites for hydroxylation is 1. The Labute approximate surface area is 199 Å². The van der Waals surface area contributed by atoms with Crippen molar-refractivity contribution in [2.24, 2.45) is 7.05 Å². The Bertz CT molecular complexity index is 1250.